The summed E-state index contributed by atoms with van der Waals surface area (Å²) in [6, 6.07) is 7.53. The summed E-state index contributed by atoms with van der Waals surface area (Å²) < 4.78 is 10.3. The number of aryl methyl sites for hydroxylation is 2. The third-order valence-corrected chi connectivity index (χ3v) is 4.58. The van der Waals surface area contributed by atoms with E-state index in [1.807, 2.05) is 38.1 Å². The van der Waals surface area contributed by atoms with Crippen molar-refractivity contribution in [1.82, 2.24) is 20.1 Å². The van der Waals surface area contributed by atoms with Gasteiger partial charge >= 0.3 is 0 Å². The number of carbonyl (C=O) groups is 1. The third-order valence-electron chi connectivity index (χ3n) is 4.58. The number of benzene rings is 1. The number of para-hydroxylation sites is 1. The first-order valence-corrected chi connectivity index (χ1v) is 8.70. The van der Waals surface area contributed by atoms with E-state index >= 15 is 0 Å². The van der Waals surface area contributed by atoms with Crippen molar-refractivity contribution >= 4 is 5.91 Å². The lowest BCUT2D eigenvalue weighted by Crippen LogP contribution is -2.52. The van der Waals surface area contributed by atoms with Crippen LogP contribution in [0, 0.1) is 13.8 Å². The van der Waals surface area contributed by atoms with Gasteiger partial charge in [-0.1, -0.05) is 28.5 Å². The normalized spacial score (nSPS) is 16.5. The van der Waals surface area contributed by atoms with E-state index in [4.69, 9.17) is 9.37 Å². The number of amides is 1. The maximum absolute atomic E-state index is 12.4. The number of piperazine rings is 1. The second-order valence-corrected chi connectivity index (χ2v) is 6.49. The molecule has 0 saturated carbocycles. The standard InChI is InChI=1S/C18H24N4O4/c1-13-5-3-4-6-17(13)25-12-16(23)18(24)22-9-7-21(8-10-22)11-15-14(2)19-26-20-15/h3-6,16,23H,7-12H2,1-2H3/t16-/m1/s1. The highest BCUT2D eigenvalue weighted by atomic mass is 16.6. The van der Waals surface area contributed by atoms with Crippen LogP contribution in [0.3, 0.4) is 0 Å². The van der Waals surface area contributed by atoms with Crippen molar-refractivity contribution in [3.8, 4) is 5.75 Å². The lowest BCUT2D eigenvalue weighted by molar-refractivity contribution is -0.143. The fraction of sp³-hybridized carbons (Fsp3) is 0.500. The van der Waals surface area contributed by atoms with Gasteiger partial charge in [0.2, 0.25) is 0 Å². The molecule has 1 aromatic heterocycles. The van der Waals surface area contributed by atoms with Gasteiger partial charge in [0, 0.05) is 32.7 Å². The summed E-state index contributed by atoms with van der Waals surface area (Å²) in [7, 11) is 0. The zero-order valence-corrected chi connectivity index (χ0v) is 15.1. The largest absolute Gasteiger partial charge is 0.490 e. The van der Waals surface area contributed by atoms with Crippen LogP contribution >= 0.6 is 0 Å². The molecule has 3 rings (SSSR count). The molecule has 0 bridgehead atoms. The molecule has 1 aromatic carbocycles. The Morgan fingerprint density at radius 2 is 1.96 bits per heavy atom. The van der Waals surface area contributed by atoms with Crippen molar-refractivity contribution in [3.63, 3.8) is 0 Å². The molecule has 1 amide bonds. The van der Waals surface area contributed by atoms with Crippen molar-refractivity contribution in [2.24, 2.45) is 0 Å². The van der Waals surface area contributed by atoms with Crippen molar-refractivity contribution in [2.45, 2.75) is 26.5 Å². The lowest BCUT2D eigenvalue weighted by Gasteiger charge is -2.35. The Hall–Kier alpha value is -2.45. The van der Waals surface area contributed by atoms with Gasteiger partial charge in [-0.3, -0.25) is 9.69 Å². The quantitative estimate of drug-likeness (QED) is 0.813. The van der Waals surface area contributed by atoms with Gasteiger partial charge < -0.3 is 14.7 Å². The van der Waals surface area contributed by atoms with Crippen molar-refractivity contribution in [2.75, 3.05) is 32.8 Å². The lowest BCUT2D eigenvalue weighted by atomic mass is 10.2. The van der Waals surface area contributed by atoms with Crippen LogP contribution in [0.15, 0.2) is 28.9 Å². The van der Waals surface area contributed by atoms with Crippen LogP contribution < -0.4 is 4.74 Å². The van der Waals surface area contributed by atoms with Crippen molar-refractivity contribution < 1.29 is 19.3 Å². The van der Waals surface area contributed by atoms with Gasteiger partial charge in [0.25, 0.3) is 5.91 Å². The van der Waals surface area contributed by atoms with Gasteiger partial charge in [-0.2, -0.15) is 0 Å². The van der Waals surface area contributed by atoms with E-state index in [9.17, 15) is 9.90 Å². The summed E-state index contributed by atoms with van der Waals surface area (Å²) in [5.74, 6) is 0.387. The molecule has 1 aliphatic heterocycles. The van der Waals surface area contributed by atoms with E-state index in [1.54, 1.807) is 4.90 Å². The minimum absolute atomic E-state index is 0.0479. The van der Waals surface area contributed by atoms with E-state index in [0.29, 0.717) is 38.5 Å². The predicted octanol–water partition coefficient (Wildman–Crippen LogP) is 0.771. The van der Waals surface area contributed by atoms with Crippen LogP contribution in [-0.4, -0.2) is 70.0 Å². The van der Waals surface area contributed by atoms with E-state index in [-0.39, 0.29) is 12.5 Å². The fourth-order valence-electron chi connectivity index (χ4n) is 2.90. The maximum atomic E-state index is 12.4. The average Bonchev–Trinajstić information content (AvgIpc) is 3.05. The number of rotatable bonds is 6. The van der Waals surface area contributed by atoms with Gasteiger partial charge in [-0.15, -0.1) is 0 Å². The zero-order valence-electron chi connectivity index (χ0n) is 15.1. The van der Waals surface area contributed by atoms with E-state index in [2.05, 4.69) is 15.2 Å². The third kappa shape index (κ3) is 4.39. The number of hydrogen-bond donors (Lipinski definition) is 1. The van der Waals surface area contributed by atoms with Gasteiger partial charge in [-0.25, -0.2) is 4.63 Å². The van der Waals surface area contributed by atoms with Crippen molar-refractivity contribution in [1.29, 1.82) is 0 Å². The fourth-order valence-corrected chi connectivity index (χ4v) is 2.90. The summed E-state index contributed by atoms with van der Waals surface area (Å²) in [5, 5.41) is 17.8. The molecule has 8 nitrogen and oxygen atoms in total. The first-order chi connectivity index (χ1) is 12.5. The first-order valence-electron chi connectivity index (χ1n) is 8.70. The summed E-state index contributed by atoms with van der Waals surface area (Å²) >= 11 is 0. The summed E-state index contributed by atoms with van der Waals surface area (Å²) in [5.41, 5.74) is 2.57. The molecule has 1 saturated heterocycles. The van der Waals surface area contributed by atoms with Gasteiger partial charge in [-0.05, 0) is 25.5 Å². The number of aliphatic hydroxyl groups is 1. The summed E-state index contributed by atoms with van der Waals surface area (Å²) in [6.45, 7) is 6.93. The van der Waals surface area contributed by atoms with Crippen LogP contribution in [-0.2, 0) is 11.3 Å². The predicted molar refractivity (Wildman–Crippen MR) is 93.6 cm³/mol. The van der Waals surface area contributed by atoms with E-state index < -0.39 is 6.10 Å². The number of aliphatic hydroxyl groups excluding tert-OH is 1. The second kappa shape index (κ2) is 8.29. The highest BCUT2D eigenvalue weighted by molar-refractivity contribution is 5.81. The Labute approximate surface area is 152 Å². The monoisotopic (exact) mass is 360 g/mol. The molecule has 2 aromatic rings. The van der Waals surface area contributed by atoms with E-state index in [0.717, 1.165) is 17.0 Å². The molecule has 26 heavy (non-hydrogen) atoms. The van der Waals surface area contributed by atoms with Crippen LogP contribution in [0.5, 0.6) is 5.75 Å². The number of nitrogens with zero attached hydrogens (tertiary/aromatic N) is 4. The molecule has 0 unspecified atom stereocenters. The number of hydrogen-bond acceptors (Lipinski definition) is 7. The maximum Gasteiger partial charge on any atom is 0.255 e. The Morgan fingerprint density at radius 1 is 1.23 bits per heavy atom. The van der Waals surface area contributed by atoms with Crippen LogP contribution in [0.1, 0.15) is 17.0 Å². The Bertz CT molecular complexity index is 740. The second-order valence-electron chi connectivity index (χ2n) is 6.49. The molecule has 0 spiro atoms. The zero-order chi connectivity index (χ0) is 18.5. The Morgan fingerprint density at radius 3 is 2.62 bits per heavy atom. The Kier molecular flexibility index (Phi) is 5.85. The van der Waals surface area contributed by atoms with Crippen LogP contribution in [0.4, 0.5) is 0 Å². The van der Waals surface area contributed by atoms with E-state index in [1.165, 1.54) is 0 Å². The van der Waals surface area contributed by atoms with Crippen LogP contribution in [0.2, 0.25) is 0 Å². The highest BCUT2D eigenvalue weighted by Gasteiger charge is 2.27. The SMILES string of the molecule is Cc1ccccc1OC[C@@H](O)C(=O)N1CCN(Cc2nonc2C)CC1. The molecular weight excluding hydrogens is 336 g/mol. The number of aromatic nitrogens is 2. The molecule has 1 atom stereocenters. The van der Waals surface area contributed by atoms with Crippen molar-refractivity contribution in [3.05, 3.63) is 41.2 Å². The Balaban J connectivity index is 1.45. The smallest absolute Gasteiger partial charge is 0.255 e. The molecular formula is C18H24N4O4. The number of ether oxygens (including phenoxy) is 1. The average molecular weight is 360 g/mol. The summed E-state index contributed by atoms with van der Waals surface area (Å²) in [4.78, 5) is 16.3. The van der Waals surface area contributed by atoms with Gasteiger partial charge in [0.05, 0.1) is 0 Å². The molecule has 1 aliphatic rings. The molecule has 1 N–H and O–H groups in total. The topological polar surface area (TPSA) is 91.9 Å². The summed E-state index contributed by atoms with van der Waals surface area (Å²) in [6.07, 6.45) is -1.16. The van der Waals surface area contributed by atoms with Crippen LogP contribution in [0.25, 0.3) is 0 Å². The molecule has 2 heterocycles. The minimum atomic E-state index is -1.16. The molecule has 0 aliphatic carbocycles. The van der Waals surface area contributed by atoms with Gasteiger partial charge in [0.1, 0.15) is 23.7 Å². The highest BCUT2D eigenvalue weighted by Crippen LogP contribution is 2.17. The molecule has 0 radical (unpaired) electrons. The van der Waals surface area contributed by atoms with Gasteiger partial charge in [0.15, 0.2) is 6.10 Å². The first kappa shape index (κ1) is 18.3. The molecule has 140 valence electrons. The molecule has 1 fully saturated rings. The number of carbonyl (C=O) groups excluding carboxylic acids is 1. The molecule has 8 heteroatoms. The minimum Gasteiger partial charge on any atom is -0.490 e.